The van der Waals surface area contributed by atoms with Crippen LogP contribution in [0.5, 0.6) is 5.75 Å². The summed E-state index contributed by atoms with van der Waals surface area (Å²) in [6, 6.07) is 9.65. The lowest BCUT2D eigenvalue weighted by Gasteiger charge is -2.29. The normalized spacial score (nSPS) is 15.1. The lowest BCUT2D eigenvalue weighted by atomic mass is 9.97. The van der Waals surface area contributed by atoms with E-state index in [0.29, 0.717) is 23.5 Å². The molecule has 0 aliphatic carbocycles. The number of hydrogen-bond donors (Lipinski definition) is 1. The molecule has 2 aromatic carbocycles. The van der Waals surface area contributed by atoms with Crippen LogP contribution >= 0.6 is 23.4 Å². The van der Waals surface area contributed by atoms with Gasteiger partial charge in [-0.15, -0.1) is 0 Å². The van der Waals surface area contributed by atoms with E-state index >= 15 is 0 Å². The number of carbonyl (C=O) groups is 2. The van der Waals surface area contributed by atoms with Crippen molar-refractivity contribution in [2.75, 3.05) is 20.2 Å². The molecule has 1 amide bonds. The third-order valence-electron chi connectivity index (χ3n) is 5.27. The largest absolute Gasteiger partial charge is 0.496 e. The highest BCUT2D eigenvalue weighted by Gasteiger charge is 2.37. The Labute approximate surface area is 198 Å². The van der Waals surface area contributed by atoms with Crippen LogP contribution in [0.15, 0.2) is 52.3 Å². The zero-order chi connectivity index (χ0) is 24.2. The molecule has 1 fully saturated rings. The van der Waals surface area contributed by atoms with Crippen molar-refractivity contribution in [3.05, 3.63) is 58.6 Å². The highest BCUT2D eigenvalue weighted by molar-refractivity contribution is 7.99. The molecule has 1 aliphatic heterocycles. The molecular formula is C23H21ClF3NO4S. The number of rotatable bonds is 6. The van der Waals surface area contributed by atoms with E-state index < -0.39 is 34.6 Å². The first-order chi connectivity index (χ1) is 15.6. The molecule has 1 N–H and O–H groups in total. The van der Waals surface area contributed by atoms with Gasteiger partial charge in [0.05, 0.1) is 28.5 Å². The molecule has 33 heavy (non-hydrogen) atoms. The van der Waals surface area contributed by atoms with Gasteiger partial charge >= 0.3 is 12.1 Å². The summed E-state index contributed by atoms with van der Waals surface area (Å²) in [4.78, 5) is 25.7. The van der Waals surface area contributed by atoms with Crippen LogP contribution in [0.4, 0.5) is 13.2 Å². The second-order valence-corrected chi connectivity index (χ2v) is 8.83. The molecule has 0 bridgehead atoms. The molecule has 0 unspecified atom stereocenters. The highest BCUT2D eigenvalue weighted by atomic mass is 35.5. The van der Waals surface area contributed by atoms with Gasteiger partial charge in [-0.1, -0.05) is 41.6 Å². The van der Waals surface area contributed by atoms with Crippen LogP contribution in [0.25, 0.3) is 6.08 Å². The minimum absolute atomic E-state index is 0.202. The number of aliphatic carboxylic acids is 1. The Hall–Kier alpha value is -2.65. The van der Waals surface area contributed by atoms with Crippen molar-refractivity contribution in [2.45, 2.75) is 28.8 Å². The van der Waals surface area contributed by atoms with Gasteiger partial charge in [-0.2, -0.15) is 13.2 Å². The van der Waals surface area contributed by atoms with Gasteiger partial charge in [0.1, 0.15) is 5.75 Å². The van der Waals surface area contributed by atoms with Gasteiger partial charge in [-0.25, -0.2) is 0 Å². The summed E-state index contributed by atoms with van der Waals surface area (Å²) in [5.74, 6) is -1.39. The van der Waals surface area contributed by atoms with Gasteiger partial charge in [0.15, 0.2) is 0 Å². The number of ether oxygens (including phenoxy) is 1. The van der Waals surface area contributed by atoms with Crippen molar-refractivity contribution in [1.82, 2.24) is 4.90 Å². The molecule has 5 nitrogen and oxygen atoms in total. The summed E-state index contributed by atoms with van der Waals surface area (Å²) in [6.45, 7) is 0.475. The molecule has 0 atom stereocenters. The van der Waals surface area contributed by atoms with E-state index in [4.69, 9.17) is 21.4 Å². The van der Waals surface area contributed by atoms with Crippen LogP contribution in [-0.4, -0.2) is 42.1 Å². The topological polar surface area (TPSA) is 66.8 Å². The maximum Gasteiger partial charge on any atom is 0.418 e. The number of alkyl halides is 3. The molecule has 0 spiro atoms. The Balaban J connectivity index is 1.84. The smallest absolute Gasteiger partial charge is 0.418 e. The number of carbonyl (C=O) groups excluding carboxylic acids is 1. The summed E-state index contributed by atoms with van der Waals surface area (Å²) in [5.41, 5.74) is -1.26. The third kappa shape index (κ3) is 6.03. The standard InChI is InChI=1S/C23H21ClF3NO4S/c1-32-16-4-2-3-5-17(16)33-18-8-6-14(20(21(18)24)23(25,26)27)7-9-19(29)28-12-10-15(11-13-28)22(30)31/h2-9,15H,10-13H2,1H3,(H,30,31)/b9-7+. The van der Waals surface area contributed by atoms with Gasteiger partial charge < -0.3 is 14.7 Å². The van der Waals surface area contributed by atoms with Crippen LogP contribution in [0.2, 0.25) is 5.02 Å². The number of carboxylic acids is 1. The first-order valence-corrected chi connectivity index (χ1v) is 11.2. The van der Waals surface area contributed by atoms with Gasteiger partial charge in [0, 0.05) is 24.1 Å². The van der Waals surface area contributed by atoms with Gasteiger partial charge in [0.2, 0.25) is 5.91 Å². The van der Waals surface area contributed by atoms with Crippen molar-refractivity contribution < 1.29 is 32.6 Å². The van der Waals surface area contributed by atoms with E-state index in [1.54, 1.807) is 24.3 Å². The number of amides is 1. The minimum atomic E-state index is -4.74. The number of halogens is 4. The van der Waals surface area contributed by atoms with E-state index in [-0.39, 0.29) is 23.5 Å². The predicted molar refractivity (Wildman–Crippen MR) is 120 cm³/mol. The maximum absolute atomic E-state index is 13.9. The van der Waals surface area contributed by atoms with Crippen molar-refractivity contribution in [2.24, 2.45) is 5.92 Å². The molecule has 1 saturated heterocycles. The fraction of sp³-hybridized carbons (Fsp3) is 0.304. The lowest BCUT2D eigenvalue weighted by molar-refractivity contribution is -0.144. The monoisotopic (exact) mass is 499 g/mol. The summed E-state index contributed by atoms with van der Waals surface area (Å²) < 4.78 is 46.9. The van der Waals surface area contributed by atoms with Crippen LogP contribution in [0.1, 0.15) is 24.0 Å². The number of carboxylic acid groups (broad SMARTS) is 1. The van der Waals surface area contributed by atoms with E-state index in [2.05, 4.69) is 0 Å². The summed E-state index contributed by atoms with van der Waals surface area (Å²) >= 11 is 7.24. The zero-order valence-corrected chi connectivity index (χ0v) is 19.1. The van der Waals surface area contributed by atoms with Gasteiger partial charge in [0.25, 0.3) is 0 Å². The Kier molecular flexibility index (Phi) is 7.97. The first kappa shape index (κ1) is 25.0. The quantitative estimate of drug-likeness (QED) is 0.505. The Bertz CT molecular complexity index is 1070. The molecule has 1 heterocycles. The van der Waals surface area contributed by atoms with E-state index in [1.807, 2.05) is 0 Å². The maximum atomic E-state index is 13.9. The van der Waals surface area contributed by atoms with Gasteiger partial charge in [-0.05, 0) is 42.7 Å². The van der Waals surface area contributed by atoms with Gasteiger partial charge in [-0.3, -0.25) is 9.59 Å². The van der Waals surface area contributed by atoms with E-state index in [9.17, 15) is 22.8 Å². The van der Waals surface area contributed by atoms with E-state index in [1.165, 1.54) is 24.1 Å². The average Bonchev–Trinajstić information content (AvgIpc) is 2.78. The Morgan fingerprint density at radius 1 is 1.15 bits per heavy atom. The number of piperidine rings is 1. The molecule has 0 radical (unpaired) electrons. The molecule has 2 aromatic rings. The molecular weight excluding hydrogens is 479 g/mol. The van der Waals surface area contributed by atoms with Crippen molar-refractivity contribution in [3.8, 4) is 5.75 Å². The number of benzene rings is 2. The SMILES string of the molecule is COc1ccccc1Sc1ccc(/C=C/C(=O)N2CCC(C(=O)O)CC2)c(C(F)(F)F)c1Cl. The van der Waals surface area contributed by atoms with Crippen molar-refractivity contribution >= 4 is 41.3 Å². The zero-order valence-electron chi connectivity index (χ0n) is 17.6. The number of para-hydroxylation sites is 1. The summed E-state index contributed by atoms with van der Waals surface area (Å²) in [5, 5.41) is 8.58. The minimum Gasteiger partial charge on any atom is -0.496 e. The second kappa shape index (κ2) is 10.5. The molecule has 10 heteroatoms. The molecule has 3 rings (SSSR count). The number of nitrogens with zero attached hydrogens (tertiary/aromatic N) is 1. The summed E-state index contributed by atoms with van der Waals surface area (Å²) in [6.07, 6.45) is -1.96. The Morgan fingerprint density at radius 3 is 2.42 bits per heavy atom. The highest BCUT2D eigenvalue weighted by Crippen LogP contribution is 2.45. The predicted octanol–water partition coefficient (Wildman–Crippen LogP) is 5.86. The molecule has 176 valence electrons. The molecule has 0 aromatic heterocycles. The number of likely N-dealkylation sites (tertiary alicyclic amines) is 1. The third-order valence-corrected chi connectivity index (χ3v) is 6.89. The van der Waals surface area contributed by atoms with Crippen LogP contribution < -0.4 is 4.74 Å². The van der Waals surface area contributed by atoms with Crippen LogP contribution in [-0.2, 0) is 15.8 Å². The average molecular weight is 500 g/mol. The number of hydrogen-bond acceptors (Lipinski definition) is 4. The van der Waals surface area contributed by atoms with Crippen LogP contribution in [0.3, 0.4) is 0 Å². The fourth-order valence-corrected chi connectivity index (χ4v) is 4.87. The molecule has 0 saturated carbocycles. The first-order valence-electron chi connectivity index (χ1n) is 10.0. The van der Waals surface area contributed by atoms with Crippen molar-refractivity contribution in [3.63, 3.8) is 0 Å². The van der Waals surface area contributed by atoms with Crippen molar-refractivity contribution in [1.29, 1.82) is 0 Å². The lowest BCUT2D eigenvalue weighted by Crippen LogP contribution is -2.39. The van der Waals surface area contributed by atoms with E-state index in [0.717, 1.165) is 23.9 Å². The molecule has 1 aliphatic rings. The second-order valence-electron chi connectivity index (χ2n) is 7.36. The fourth-order valence-electron chi connectivity index (χ4n) is 3.51. The Morgan fingerprint density at radius 2 is 1.82 bits per heavy atom. The van der Waals surface area contributed by atoms with Crippen LogP contribution in [0, 0.1) is 5.92 Å². The summed E-state index contributed by atoms with van der Waals surface area (Å²) in [7, 11) is 1.47. The number of methoxy groups -OCH3 is 1.